The van der Waals surface area contributed by atoms with Gasteiger partial charge in [0.2, 0.25) is 5.88 Å². The van der Waals surface area contributed by atoms with Gasteiger partial charge < -0.3 is 20.2 Å². The number of amides is 1. The van der Waals surface area contributed by atoms with Crippen LogP contribution in [0.4, 0.5) is 18.9 Å². The number of nitrogens with one attached hydrogen (secondary N) is 1. The van der Waals surface area contributed by atoms with Gasteiger partial charge >= 0.3 is 11.8 Å². The number of ether oxygens (including phenoxy) is 1. The van der Waals surface area contributed by atoms with Gasteiger partial charge in [-0.3, -0.25) is 4.79 Å². The molecule has 0 unspecified atom stereocenters. The van der Waals surface area contributed by atoms with Crippen molar-refractivity contribution in [2.24, 2.45) is 5.73 Å². The van der Waals surface area contributed by atoms with Crippen molar-refractivity contribution in [3.8, 4) is 11.6 Å². The van der Waals surface area contributed by atoms with Crippen molar-refractivity contribution in [3.63, 3.8) is 0 Å². The van der Waals surface area contributed by atoms with Crippen LogP contribution in [-0.4, -0.2) is 10.9 Å². The molecule has 3 N–H and O–H groups in total. The van der Waals surface area contributed by atoms with Crippen molar-refractivity contribution in [3.05, 3.63) is 93.5 Å². The summed E-state index contributed by atoms with van der Waals surface area (Å²) in [6.45, 7) is 1.65. The molecule has 0 atom stereocenters. The maximum absolute atomic E-state index is 13.1. The summed E-state index contributed by atoms with van der Waals surface area (Å²) < 4.78 is 50.0. The Bertz CT molecular complexity index is 1450. The van der Waals surface area contributed by atoms with E-state index >= 15 is 0 Å². The molecule has 0 bridgehead atoms. The highest BCUT2D eigenvalue weighted by atomic mass is 19.4. The molecule has 10 heteroatoms. The number of hydrogen-bond donors (Lipinski definition) is 2. The van der Waals surface area contributed by atoms with Gasteiger partial charge in [-0.2, -0.15) is 13.2 Å². The zero-order chi connectivity index (χ0) is 24.5. The Kier molecular flexibility index (Phi) is 6.08. The SMILES string of the molecule is Cc1cc(=O)oc2cc(NC(=O)c3cccc(Oc4cc(CN)cc(C(F)(F)F)n4)c3)ccc12. The van der Waals surface area contributed by atoms with Crippen molar-refractivity contribution in [2.45, 2.75) is 19.6 Å². The molecule has 0 saturated heterocycles. The van der Waals surface area contributed by atoms with Crippen LogP contribution in [0, 0.1) is 6.92 Å². The molecule has 0 radical (unpaired) electrons. The summed E-state index contributed by atoms with van der Waals surface area (Å²) in [6, 6.07) is 14.3. The summed E-state index contributed by atoms with van der Waals surface area (Å²) >= 11 is 0. The van der Waals surface area contributed by atoms with E-state index in [1.165, 1.54) is 42.5 Å². The maximum Gasteiger partial charge on any atom is 0.433 e. The second kappa shape index (κ2) is 8.99. The maximum atomic E-state index is 13.1. The number of benzene rings is 2. The van der Waals surface area contributed by atoms with Gasteiger partial charge in [0.05, 0.1) is 0 Å². The van der Waals surface area contributed by atoms with E-state index < -0.39 is 23.4 Å². The van der Waals surface area contributed by atoms with Crippen molar-refractivity contribution in [1.82, 2.24) is 4.98 Å². The lowest BCUT2D eigenvalue weighted by Gasteiger charge is -2.12. The number of hydrogen-bond acceptors (Lipinski definition) is 6. The molecule has 4 rings (SSSR count). The minimum Gasteiger partial charge on any atom is -0.439 e. The fraction of sp³-hybridized carbons (Fsp3) is 0.125. The fourth-order valence-corrected chi connectivity index (χ4v) is 3.30. The van der Waals surface area contributed by atoms with E-state index in [9.17, 15) is 22.8 Å². The van der Waals surface area contributed by atoms with Crippen molar-refractivity contribution in [1.29, 1.82) is 0 Å². The molecule has 0 aliphatic heterocycles. The molecule has 0 aliphatic carbocycles. The molecule has 174 valence electrons. The van der Waals surface area contributed by atoms with Gasteiger partial charge in [0.1, 0.15) is 17.0 Å². The van der Waals surface area contributed by atoms with Gasteiger partial charge in [0, 0.05) is 41.4 Å². The minimum absolute atomic E-state index is 0.113. The average Bonchev–Trinajstić information content (AvgIpc) is 2.78. The van der Waals surface area contributed by atoms with Crippen molar-refractivity contribution in [2.75, 3.05) is 5.32 Å². The van der Waals surface area contributed by atoms with Gasteiger partial charge in [-0.25, -0.2) is 9.78 Å². The van der Waals surface area contributed by atoms with Crippen molar-refractivity contribution < 1.29 is 27.1 Å². The Morgan fingerprint density at radius 2 is 1.91 bits per heavy atom. The Labute approximate surface area is 191 Å². The molecule has 2 aromatic carbocycles. The van der Waals surface area contributed by atoms with Gasteiger partial charge in [-0.05, 0) is 54.4 Å². The number of aromatic nitrogens is 1. The predicted molar refractivity (Wildman–Crippen MR) is 119 cm³/mol. The third kappa shape index (κ3) is 5.07. The third-order valence-electron chi connectivity index (χ3n) is 4.92. The lowest BCUT2D eigenvalue weighted by atomic mass is 10.1. The summed E-state index contributed by atoms with van der Waals surface area (Å²) in [5.41, 5.74) is 5.71. The largest absolute Gasteiger partial charge is 0.439 e. The van der Waals surface area contributed by atoms with Gasteiger partial charge in [-0.15, -0.1) is 0 Å². The number of halogens is 3. The molecule has 34 heavy (non-hydrogen) atoms. The Morgan fingerprint density at radius 1 is 1.12 bits per heavy atom. The highest BCUT2D eigenvalue weighted by Crippen LogP contribution is 2.31. The Balaban J connectivity index is 1.56. The van der Waals surface area contributed by atoms with E-state index in [-0.39, 0.29) is 29.3 Å². The molecule has 7 nitrogen and oxygen atoms in total. The first kappa shape index (κ1) is 23.0. The van der Waals surface area contributed by atoms with E-state index in [1.54, 1.807) is 19.1 Å². The second-order valence-electron chi connectivity index (χ2n) is 7.44. The summed E-state index contributed by atoms with van der Waals surface area (Å²) in [7, 11) is 0. The van der Waals surface area contributed by atoms with Crippen LogP contribution in [0.2, 0.25) is 0 Å². The van der Waals surface area contributed by atoms with Gasteiger partial charge in [-0.1, -0.05) is 6.07 Å². The number of nitrogens with two attached hydrogens (primary N) is 1. The number of fused-ring (bicyclic) bond motifs is 1. The number of carbonyl (C=O) groups is 1. The predicted octanol–water partition coefficient (Wildman–Crippen LogP) is 5.02. The summed E-state index contributed by atoms with van der Waals surface area (Å²) in [5, 5.41) is 3.42. The first-order chi connectivity index (χ1) is 16.1. The van der Waals surface area contributed by atoms with Crippen LogP contribution in [0.1, 0.15) is 27.2 Å². The third-order valence-corrected chi connectivity index (χ3v) is 4.92. The number of pyridine rings is 1. The van der Waals surface area contributed by atoms with E-state index in [4.69, 9.17) is 14.9 Å². The molecule has 0 saturated carbocycles. The topological polar surface area (TPSA) is 107 Å². The first-order valence-corrected chi connectivity index (χ1v) is 10.0. The molecule has 0 aliphatic rings. The van der Waals surface area contributed by atoms with E-state index in [0.717, 1.165) is 17.0 Å². The summed E-state index contributed by atoms with van der Waals surface area (Å²) in [6.07, 6.45) is -4.66. The first-order valence-electron chi connectivity index (χ1n) is 10.0. The highest BCUT2D eigenvalue weighted by Gasteiger charge is 2.33. The normalized spacial score (nSPS) is 11.4. The molecular weight excluding hydrogens is 451 g/mol. The molecule has 2 aromatic heterocycles. The molecule has 4 aromatic rings. The van der Waals surface area contributed by atoms with Crippen LogP contribution in [0.3, 0.4) is 0 Å². The highest BCUT2D eigenvalue weighted by molar-refractivity contribution is 6.05. The fourth-order valence-electron chi connectivity index (χ4n) is 3.30. The van der Waals surface area contributed by atoms with Gasteiger partial charge in [0.25, 0.3) is 5.91 Å². The lowest BCUT2D eigenvalue weighted by molar-refractivity contribution is -0.141. The number of aryl methyl sites for hydroxylation is 1. The standard InChI is InChI=1S/C24H18F3N3O4/c1-13-7-22(31)34-19-11-16(5-6-18(13)19)29-23(32)15-3-2-4-17(10-15)33-21-9-14(12-28)8-20(30-21)24(25,26)27/h2-11H,12,28H2,1H3,(H,29,32). The quantitative estimate of drug-likeness (QED) is 0.398. The van der Waals surface area contributed by atoms with Crippen LogP contribution in [-0.2, 0) is 12.7 Å². The van der Waals surface area contributed by atoms with Crippen LogP contribution >= 0.6 is 0 Å². The Hall–Kier alpha value is -4.18. The molecule has 1 amide bonds. The van der Waals surface area contributed by atoms with Crippen LogP contribution < -0.4 is 21.4 Å². The van der Waals surface area contributed by atoms with E-state index in [0.29, 0.717) is 11.3 Å². The number of alkyl halides is 3. The zero-order valence-corrected chi connectivity index (χ0v) is 17.8. The smallest absolute Gasteiger partial charge is 0.433 e. The number of carbonyl (C=O) groups excluding carboxylic acids is 1. The second-order valence-corrected chi connectivity index (χ2v) is 7.44. The monoisotopic (exact) mass is 469 g/mol. The van der Waals surface area contributed by atoms with Gasteiger partial charge in [0.15, 0.2) is 0 Å². The Morgan fingerprint density at radius 3 is 2.65 bits per heavy atom. The lowest BCUT2D eigenvalue weighted by Crippen LogP contribution is -2.12. The molecule has 0 spiro atoms. The van der Waals surface area contributed by atoms with Crippen LogP contribution in [0.25, 0.3) is 11.0 Å². The average molecular weight is 469 g/mol. The summed E-state index contributed by atoms with van der Waals surface area (Å²) in [4.78, 5) is 27.8. The molecule has 2 heterocycles. The number of anilines is 1. The molecular formula is C24H18F3N3O4. The molecule has 0 fully saturated rings. The van der Waals surface area contributed by atoms with E-state index in [1.807, 2.05) is 0 Å². The number of nitrogens with zero attached hydrogens (tertiary/aromatic N) is 1. The minimum atomic E-state index is -4.66. The summed E-state index contributed by atoms with van der Waals surface area (Å²) in [5.74, 6) is -0.685. The van der Waals surface area contributed by atoms with Crippen LogP contribution in [0.15, 0.2) is 69.9 Å². The number of rotatable bonds is 5. The van der Waals surface area contributed by atoms with Crippen molar-refractivity contribution >= 4 is 22.6 Å². The zero-order valence-electron chi connectivity index (χ0n) is 17.8. The van der Waals surface area contributed by atoms with E-state index in [2.05, 4.69) is 10.3 Å². The van der Waals surface area contributed by atoms with Crippen LogP contribution in [0.5, 0.6) is 11.6 Å².